The molecule has 8 heteroatoms. The van der Waals surface area contributed by atoms with Crippen LogP contribution in [-0.2, 0) is 21.4 Å². The summed E-state index contributed by atoms with van der Waals surface area (Å²) in [5, 5.41) is 7.75. The molecule has 3 rings (SSSR count). The SMILES string of the molecule is NS(=O)(=O)c1ccc(CNC(=O)/C=C/c2ccc3c(c2)OCO3)cc1. The van der Waals surface area contributed by atoms with Crippen molar-refractivity contribution in [1.29, 1.82) is 0 Å². The first-order chi connectivity index (χ1) is 11.9. The highest BCUT2D eigenvalue weighted by molar-refractivity contribution is 7.89. The van der Waals surface area contributed by atoms with Gasteiger partial charge in [0.1, 0.15) is 0 Å². The Balaban J connectivity index is 1.56. The number of hydrogen-bond acceptors (Lipinski definition) is 5. The van der Waals surface area contributed by atoms with Crippen molar-refractivity contribution in [1.82, 2.24) is 5.32 Å². The number of nitrogens with two attached hydrogens (primary N) is 1. The molecule has 0 spiro atoms. The molecule has 0 saturated heterocycles. The average Bonchev–Trinajstić information content (AvgIpc) is 3.05. The number of amides is 1. The fourth-order valence-electron chi connectivity index (χ4n) is 2.23. The molecule has 0 radical (unpaired) electrons. The molecule has 0 aromatic heterocycles. The van der Waals surface area contributed by atoms with E-state index in [0.717, 1.165) is 11.1 Å². The lowest BCUT2D eigenvalue weighted by atomic mass is 10.2. The van der Waals surface area contributed by atoms with Crippen LogP contribution in [0.5, 0.6) is 11.5 Å². The average molecular weight is 360 g/mol. The number of fused-ring (bicyclic) bond motifs is 1. The minimum atomic E-state index is -3.71. The topological polar surface area (TPSA) is 108 Å². The number of carbonyl (C=O) groups is 1. The molecule has 0 atom stereocenters. The third-order valence-electron chi connectivity index (χ3n) is 3.54. The molecule has 0 bridgehead atoms. The normalized spacial score (nSPS) is 13.2. The van der Waals surface area contributed by atoms with Crippen LogP contribution in [0.4, 0.5) is 0 Å². The number of ether oxygens (including phenoxy) is 2. The van der Waals surface area contributed by atoms with E-state index in [1.54, 1.807) is 30.3 Å². The van der Waals surface area contributed by atoms with Gasteiger partial charge in [0.05, 0.1) is 4.90 Å². The highest BCUT2D eigenvalue weighted by atomic mass is 32.2. The van der Waals surface area contributed by atoms with Gasteiger partial charge in [-0.3, -0.25) is 4.79 Å². The van der Waals surface area contributed by atoms with Crippen molar-refractivity contribution in [2.75, 3.05) is 6.79 Å². The van der Waals surface area contributed by atoms with Crippen LogP contribution in [0.25, 0.3) is 6.08 Å². The standard InChI is InChI=1S/C17H16N2O5S/c18-25(21,22)14-5-1-13(2-6-14)10-19-17(20)8-4-12-3-7-15-16(9-12)24-11-23-15/h1-9H,10-11H2,(H,19,20)(H2,18,21,22)/b8-4+. The largest absolute Gasteiger partial charge is 0.454 e. The van der Waals surface area contributed by atoms with Crippen LogP contribution in [0.15, 0.2) is 53.4 Å². The Morgan fingerprint density at radius 3 is 2.56 bits per heavy atom. The van der Waals surface area contributed by atoms with Gasteiger partial charge in [-0.15, -0.1) is 0 Å². The summed E-state index contributed by atoms with van der Waals surface area (Å²) in [5.41, 5.74) is 1.58. The van der Waals surface area contributed by atoms with Gasteiger partial charge in [0.25, 0.3) is 0 Å². The van der Waals surface area contributed by atoms with E-state index in [-0.39, 0.29) is 24.1 Å². The summed E-state index contributed by atoms with van der Waals surface area (Å²) >= 11 is 0. The minimum absolute atomic E-state index is 0.0327. The molecule has 0 aliphatic carbocycles. The predicted molar refractivity (Wildman–Crippen MR) is 91.3 cm³/mol. The summed E-state index contributed by atoms with van der Waals surface area (Å²) in [6, 6.07) is 11.4. The number of carbonyl (C=O) groups excluding carboxylic acids is 1. The van der Waals surface area contributed by atoms with Crippen LogP contribution in [-0.4, -0.2) is 21.1 Å². The highest BCUT2D eigenvalue weighted by Crippen LogP contribution is 2.32. The van der Waals surface area contributed by atoms with Gasteiger partial charge in [-0.25, -0.2) is 13.6 Å². The van der Waals surface area contributed by atoms with Crippen molar-refractivity contribution < 1.29 is 22.7 Å². The second-order valence-electron chi connectivity index (χ2n) is 5.35. The summed E-state index contributed by atoms with van der Waals surface area (Å²) in [6.45, 7) is 0.475. The number of benzene rings is 2. The monoisotopic (exact) mass is 360 g/mol. The number of hydrogen-bond donors (Lipinski definition) is 2. The summed E-state index contributed by atoms with van der Waals surface area (Å²) in [6.07, 6.45) is 3.08. The van der Waals surface area contributed by atoms with Crippen LogP contribution >= 0.6 is 0 Å². The first-order valence-corrected chi connectivity index (χ1v) is 8.94. The Hall–Kier alpha value is -2.84. The molecule has 0 unspecified atom stereocenters. The van der Waals surface area contributed by atoms with E-state index < -0.39 is 10.0 Å². The van der Waals surface area contributed by atoms with Gasteiger partial charge in [0.2, 0.25) is 22.7 Å². The van der Waals surface area contributed by atoms with E-state index in [2.05, 4.69) is 5.32 Å². The molecule has 1 aliphatic heterocycles. The van der Waals surface area contributed by atoms with Gasteiger partial charge in [-0.05, 0) is 41.5 Å². The number of primary sulfonamides is 1. The maximum absolute atomic E-state index is 11.9. The molecule has 1 amide bonds. The molecule has 1 heterocycles. The smallest absolute Gasteiger partial charge is 0.244 e. The molecular formula is C17H16N2O5S. The zero-order valence-corrected chi connectivity index (χ0v) is 14.0. The maximum Gasteiger partial charge on any atom is 0.244 e. The Bertz CT molecular complexity index is 921. The number of nitrogens with one attached hydrogen (secondary N) is 1. The first-order valence-electron chi connectivity index (χ1n) is 7.39. The molecule has 0 saturated carbocycles. The van der Waals surface area contributed by atoms with Gasteiger partial charge < -0.3 is 14.8 Å². The van der Waals surface area contributed by atoms with Crippen LogP contribution in [0.2, 0.25) is 0 Å². The van der Waals surface area contributed by atoms with Crippen LogP contribution in [0.1, 0.15) is 11.1 Å². The number of rotatable bonds is 5. The molecule has 1 aliphatic rings. The van der Waals surface area contributed by atoms with Gasteiger partial charge in [0, 0.05) is 12.6 Å². The Morgan fingerprint density at radius 2 is 1.84 bits per heavy atom. The third-order valence-corrected chi connectivity index (χ3v) is 4.47. The van der Waals surface area contributed by atoms with Crippen molar-refractivity contribution >= 4 is 22.0 Å². The van der Waals surface area contributed by atoms with E-state index in [1.807, 2.05) is 6.07 Å². The van der Waals surface area contributed by atoms with Gasteiger partial charge in [-0.1, -0.05) is 18.2 Å². The Kier molecular flexibility index (Phi) is 4.73. The lowest BCUT2D eigenvalue weighted by Gasteiger charge is -2.04. The van der Waals surface area contributed by atoms with Gasteiger partial charge >= 0.3 is 0 Å². The zero-order chi connectivity index (χ0) is 17.9. The zero-order valence-electron chi connectivity index (χ0n) is 13.1. The number of sulfonamides is 1. The quantitative estimate of drug-likeness (QED) is 0.784. The molecule has 3 N–H and O–H groups in total. The van der Waals surface area contributed by atoms with E-state index in [9.17, 15) is 13.2 Å². The van der Waals surface area contributed by atoms with E-state index >= 15 is 0 Å². The van der Waals surface area contributed by atoms with Crippen molar-refractivity contribution in [2.24, 2.45) is 5.14 Å². The molecule has 2 aromatic carbocycles. The second kappa shape index (κ2) is 6.96. The van der Waals surface area contributed by atoms with Crippen LogP contribution < -0.4 is 19.9 Å². The second-order valence-corrected chi connectivity index (χ2v) is 6.91. The lowest BCUT2D eigenvalue weighted by molar-refractivity contribution is -0.116. The maximum atomic E-state index is 11.9. The summed E-state index contributed by atoms with van der Waals surface area (Å²) < 4.78 is 32.9. The molecular weight excluding hydrogens is 344 g/mol. The molecule has 25 heavy (non-hydrogen) atoms. The first kappa shape index (κ1) is 17.0. The minimum Gasteiger partial charge on any atom is -0.454 e. The fraction of sp³-hybridized carbons (Fsp3) is 0.118. The van der Waals surface area contributed by atoms with E-state index in [4.69, 9.17) is 14.6 Å². The fourth-order valence-corrected chi connectivity index (χ4v) is 2.75. The lowest BCUT2D eigenvalue weighted by Crippen LogP contribution is -2.20. The van der Waals surface area contributed by atoms with Crippen molar-refractivity contribution in [3.05, 3.63) is 59.7 Å². The van der Waals surface area contributed by atoms with Crippen LogP contribution in [0.3, 0.4) is 0 Å². The van der Waals surface area contributed by atoms with Crippen molar-refractivity contribution in [3.8, 4) is 11.5 Å². The Morgan fingerprint density at radius 1 is 1.12 bits per heavy atom. The molecule has 130 valence electrons. The third kappa shape index (κ3) is 4.37. The van der Waals surface area contributed by atoms with Gasteiger partial charge in [-0.2, -0.15) is 0 Å². The molecule has 7 nitrogen and oxygen atoms in total. The molecule has 2 aromatic rings. The van der Waals surface area contributed by atoms with Gasteiger partial charge in [0.15, 0.2) is 11.5 Å². The highest BCUT2D eigenvalue weighted by Gasteiger charge is 2.12. The Labute approximate surface area is 145 Å². The molecule has 0 fully saturated rings. The predicted octanol–water partition coefficient (Wildman–Crippen LogP) is 1.39. The van der Waals surface area contributed by atoms with E-state index in [1.165, 1.54) is 18.2 Å². The van der Waals surface area contributed by atoms with E-state index in [0.29, 0.717) is 11.5 Å². The van der Waals surface area contributed by atoms with Crippen LogP contribution in [0, 0.1) is 0 Å². The summed E-state index contributed by atoms with van der Waals surface area (Å²) in [4.78, 5) is 11.9. The van der Waals surface area contributed by atoms with Crippen molar-refractivity contribution in [2.45, 2.75) is 11.4 Å². The van der Waals surface area contributed by atoms with Crippen molar-refractivity contribution in [3.63, 3.8) is 0 Å². The summed E-state index contributed by atoms with van der Waals surface area (Å²) in [5.74, 6) is 1.07. The summed E-state index contributed by atoms with van der Waals surface area (Å²) in [7, 11) is -3.71.